The molecule has 0 saturated carbocycles. The SMILES string of the molecule is FC(F)(F)C1Cc2cccnc2N1. The molecule has 0 spiro atoms. The molecule has 2 heterocycles. The monoisotopic (exact) mass is 188 g/mol. The highest BCUT2D eigenvalue weighted by Gasteiger charge is 2.43. The maximum Gasteiger partial charge on any atom is 0.408 e. The lowest BCUT2D eigenvalue weighted by molar-refractivity contribution is -0.140. The van der Waals surface area contributed by atoms with Crippen molar-refractivity contribution in [2.45, 2.75) is 18.6 Å². The normalized spacial score (nSPS) is 21.0. The summed E-state index contributed by atoms with van der Waals surface area (Å²) in [5, 5.41) is 2.34. The van der Waals surface area contributed by atoms with E-state index in [2.05, 4.69) is 10.3 Å². The molecular weight excluding hydrogens is 181 g/mol. The molecule has 70 valence electrons. The van der Waals surface area contributed by atoms with Crippen molar-refractivity contribution in [2.75, 3.05) is 5.32 Å². The lowest BCUT2D eigenvalue weighted by Crippen LogP contribution is -2.34. The molecule has 2 nitrogen and oxygen atoms in total. The van der Waals surface area contributed by atoms with Gasteiger partial charge in [-0.15, -0.1) is 0 Å². The molecule has 13 heavy (non-hydrogen) atoms. The molecule has 1 aliphatic rings. The topological polar surface area (TPSA) is 24.9 Å². The third kappa shape index (κ3) is 1.46. The average molecular weight is 188 g/mol. The fourth-order valence-corrected chi connectivity index (χ4v) is 1.37. The largest absolute Gasteiger partial charge is 0.408 e. The first-order valence-electron chi connectivity index (χ1n) is 3.84. The molecule has 1 atom stereocenters. The zero-order valence-electron chi connectivity index (χ0n) is 6.60. The van der Waals surface area contributed by atoms with Crippen LogP contribution in [-0.4, -0.2) is 17.2 Å². The number of anilines is 1. The van der Waals surface area contributed by atoms with E-state index in [1.54, 1.807) is 12.1 Å². The van der Waals surface area contributed by atoms with Gasteiger partial charge in [0.15, 0.2) is 0 Å². The van der Waals surface area contributed by atoms with Gasteiger partial charge in [-0.1, -0.05) is 6.07 Å². The van der Waals surface area contributed by atoms with Gasteiger partial charge in [-0.3, -0.25) is 0 Å². The summed E-state index contributed by atoms with van der Waals surface area (Å²) >= 11 is 0. The van der Waals surface area contributed by atoms with Crippen LogP contribution in [0.1, 0.15) is 5.56 Å². The fraction of sp³-hybridized carbons (Fsp3) is 0.375. The standard InChI is InChI=1S/C8H7F3N2/c9-8(10,11)6-4-5-2-1-3-12-7(5)13-6/h1-3,6H,4H2,(H,12,13). The van der Waals surface area contributed by atoms with Gasteiger partial charge in [0.05, 0.1) is 0 Å². The van der Waals surface area contributed by atoms with Crippen molar-refractivity contribution in [3.05, 3.63) is 23.9 Å². The molecular formula is C8H7F3N2. The summed E-state index contributed by atoms with van der Waals surface area (Å²) in [5.74, 6) is 0.352. The number of nitrogens with one attached hydrogen (secondary N) is 1. The summed E-state index contributed by atoms with van der Waals surface area (Å²) in [6, 6.07) is 1.82. The molecule has 1 unspecified atom stereocenters. The van der Waals surface area contributed by atoms with Crippen LogP contribution in [0.2, 0.25) is 0 Å². The Morgan fingerprint density at radius 3 is 2.85 bits per heavy atom. The van der Waals surface area contributed by atoms with Crippen molar-refractivity contribution in [2.24, 2.45) is 0 Å². The Morgan fingerprint density at radius 2 is 2.23 bits per heavy atom. The quantitative estimate of drug-likeness (QED) is 0.673. The van der Waals surface area contributed by atoms with Crippen LogP contribution in [-0.2, 0) is 6.42 Å². The third-order valence-corrected chi connectivity index (χ3v) is 2.02. The second-order valence-corrected chi connectivity index (χ2v) is 2.95. The van der Waals surface area contributed by atoms with Gasteiger partial charge in [0.2, 0.25) is 0 Å². The molecule has 1 aromatic heterocycles. The molecule has 0 aromatic carbocycles. The van der Waals surface area contributed by atoms with E-state index in [4.69, 9.17) is 0 Å². The van der Waals surface area contributed by atoms with Crippen LogP contribution in [0.5, 0.6) is 0 Å². The van der Waals surface area contributed by atoms with E-state index < -0.39 is 12.2 Å². The van der Waals surface area contributed by atoms with Gasteiger partial charge in [0.25, 0.3) is 0 Å². The Morgan fingerprint density at radius 1 is 1.46 bits per heavy atom. The molecule has 0 bridgehead atoms. The molecule has 1 aliphatic heterocycles. The summed E-state index contributed by atoms with van der Waals surface area (Å²) < 4.78 is 36.7. The number of hydrogen-bond donors (Lipinski definition) is 1. The predicted molar refractivity (Wildman–Crippen MR) is 41.4 cm³/mol. The van der Waals surface area contributed by atoms with E-state index in [9.17, 15) is 13.2 Å². The highest BCUT2D eigenvalue weighted by Crippen LogP contribution is 2.32. The molecule has 0 amide bonds. The Bertz CT molecular complexity index is 296. The smallest absolute Gasteiger partial charge is 0.358 e. The van der Waals surface area contributed by atoms with Crippen molar-refractivity contribution < 1.29 is 13.2 Å². The van der Waals surface area contributed by atoms with Gasteiger partial charge in [0, 0.05) is 12.6 Å². The molecule has 1 N–H and O–H groups in total. The Labute approximate surface area is 72.8 Å². The third-order valence-electron chi connectivity index (χ3n) is 2.02. The molecule has 0 saturated heterocycles. The number of pyridine rings is 1. The van der Waals surface area contributed by atoms with Crippen molar-refractivity contribution in [3.63, 3.8) is 0 Å². The van der Waals surface area contributed by atoms with Gasteiger partial charge < -0.3 is 5.32 Å². The van der Waals surface area contributed by atoms with E-state index in [1.807, 2.05) is 0 Å². The van der Waals surface area contributed by atoms with Crippen molar-refractivity contribution in [1.29, 1.82) is 0 Å². The zero-order valence-corrected chi connectivity index (χ0v) is 6.60. The van der Waals surface area contributed by atoms with Gasteiger partial charge in [-0.05, 0) is 11.6 Å². The number of fused-ring (bicyclic) bond motifs is 1. The first-order chi connectivity index (χ1) is 6.07. The number of rotatable bonds is 0. The lowest BCUT2D eigenvalue weighted by atomic mass is 10.1. The van der Waals surface area contributed by atoms with Crippen LogP contribution in [0, 0.1) is 0 Å². The molecule has 0 radical (unpaired) electrons. The van der Waals surface area contributed by atoms with E-state index >= 15 is 0 Å². The van der Waals surface area contributed by atoms with Crippen LogP contribution in [0.15, 0.2) is 18.3 Å². The van der Waals surface area contributed by atoms with E-state index in [-0.39, 0.29) is 6.42 Å². The first kappa shape index (κ1) is 8.34. The highest BCUT2D eigenvalue weighted by molar-refractivity contribution is 5.50. The Balaban J connectivity index is 2.23. The maximum atomic E-state index is 12.2. The molecule has 1 aromatic rings. The summed E-state index contributed by atoms with van der Waals surface area (Å²) in [4.78, 5) is 3.81. The number of nitrogens with zero attached hydrogens (tertiary/aromatic N) is 1. The summed E-state index contributed by atoms with van der Waals surface area (Å²) in [7, 11) is 0. The van der Waals surface area contributed by atoms with Gasteiger partial charge >= 0.3 is 6.18 Å². The summed E-state index contributed by atoms with van der Waals surface area (Å²) in [6.45, 7) is 0. The fourth-order valence-electron chi connectivity index (χ4n) is 1.37. The predicted octanol–water partition coefficient (Wildman–Crippen LogP) is 1.98. The van der Waals surface area contributed by atoms with Gasteiger partial charge in [0.1, 0.15) is 11.9 Å². The molecule has 2 rings (SSSR count). The number of alkyl halides is 3. The van der Waals surface area contributed by atoms with Crippen molar-refractivity contribution >= 4 is 5.82 Å². The number of aromatic nitrogens is 1. The lowest BCUT2D eigenvalue weighted by Gasteiger charge is -2.14. The Kier molecular flexibility index (Phi) is 1.68. The van der Waals surface area contributed by atoms with Crippen LogP contribution in [0.25, 0.3) is 0 Å². The molecule has 5 heteroatoms. The van der Waals surface area contributed by atoms with Crippen LogP contribution >= 0.6 is 0 Å². The molecule has 0 aliphatic carbocycles. The number of hydrogen-bond acceptors (Lipinski definition) is 2. The minimum Gasteiger partial charge on any atom is -0.358 e. The van der Waals surface area contributed by atoms with Crippen LogP contribution in [0.4, 0.5) is 19.0 Å². The summed E-state index contributed by atoms with van der Waals surface area (Å²) in [5.41, 5.74) is 0.629. The second kappa shape index (κ2) is 2.61. The second-order valence-electron chi connectivity index (χ2n) is 2.95. The van der Waals surface area contributed by atoms with Crippen molar-refractivity contribution in [3.8, 4) is 0 Å². The summed E-state index contributed by atoms with van der Waals surface area (Å²) in [6.07, 6.45) is -2.74. The number of halogens is 3. The minimum atomic E-state index is -4.19. The first-order valence-corrected chi connectivity index (χ1v) is 3.84. The Hall–Kier alpha value is -1.26. The van der Waals surface area contributed by atoms with E-state index in [0.717, 1.165) is 0 Å². The van der Waals surface area contributed by atoms with Crippen molar-refractivity contribution in [1.82, 2.24) is 4.98 Å². The minimum absolute atomic E-state index is 0.0212. The molecule has 0 fully saturated rings. The maximum absolute atomic E-state index is 12.2. The zero-order chi connectivity index (χ0) is 9.47. The average Bonchev–Trinajstić information content (AvgIpc) is 2.45. The highest BCUT2D eigenvalue weighted by atomic mass is 19.4. The van der Waals surface area contributed by atoms with Gasteiger partial charge in [-0.2, -0.15) is 13.2 Å². The van der Waals surface area contributed by atoms with Crippen LogP contribution < -0.4 is 5.32 Å². The van der Waals surface area contributed by atoms with E-state index in [0.29, 0.717) is 11.4 Å². The van der Waals surface area contributed by atoms with Gasteiger partial charge in [-0.25, -0.2) is 4.98 Å². The van der Waals surface area contributed by atoms with Crippen LogP contribution in [0.3, 0.4) is 0 Å². The van der Waals surface area contributed by atoms with E-state index in [1.165, 1.54) is 6.20 Å².